The number of nitrogens with zero attached hydrogens (tertiary/aromatic N) is 2. The molecule has 0 radical (unpaired) electrons. The molecule has 2 heteroatoms. The lowest BCUT2D eigenvalue weighted by molar-refractivity contribution is -0.659. The molecule has 0 N–H and O–H groups in total. The van der Waals surface area contributed by atoms with Crippen LogP contribution in [0.3, 0.4) is 0 Å². The molecule has 2 heterocycles. The van der Waals surface area contributed by atoms with Gasteiger partial charge in [-0.1, -0.05) is 44.2 Å². The summed E-state index contributed by atoms with van der Waals surface area (Å²) in [5.74, 6) is 0. The molecule has 0 atom stereocenters. The van der Waals surface area contributed by atoms with Crippen LogP contribution in [0.2, 0.25) is 0 Å². The lowest BCUT2D eigenvalue weighted by Gasteiger charge is -2.21. The summed E-state index contributed by atoms with van der Waals surface area (Å²) < 4.78 is 2.24. The summed E-state index contributed by atoms with van der Waals surface area (Å²) in [6.07, 6.45) is 2.16. The number of rotatable bonds is 1. The predicted octanol–water partition coefficient (Wildman–Crippen LogP) is 5.65. The second-order valence-electron chi connectivity index (χ2n) is 8.55. The first kappa shape index (κ1) is 17.1. The fraction of sp³-hybridized carbons (Fsp3) is 0.231. The monoisotopic (exact) mass is 365 g/mol. The highest BCUT2D eigenvalue weighted by Gasteiger charge is 2.38. The minimum Gasteiger partial charge on any atom is -0.257 e. The first-order valence-electron chi connectivity index (χ1n) is 9.89. The molecule has 1 aliphatic carbocycles. The number of benzene rings is 2. The van der Waals surface area contributed by atoms with E-state index < -0.39 is 0 Å². The van der Waals surface area contributed by atoms with Gasteiger partial charge in [0.25, 0.3) is 0 Å². The molecule has 0 spiro atoms. The maximum absolute atomic E-state index is 4.92. The van der Waals surface area contributed by atoms with Crippen molar-refractivity contribution in [1.29, 1.82) is 0 Å². The molecule has 2 nitrogen and oxygen atoms in total. The lowest BCUT2D eigenvalue weighted by atomic mass is 9.83. The first-order chi connectivity index (χ1) is 13.4. The zero-order chi connectivity index (χ0) is 19.6. The number of pyridine rings is 2. The highest BCUT2D eigenvalue weighted by molar-refractivity contribution is 5.95. The van der Waals surface area contributed by atoms with Crippen molar-refractivity contribution in [3.8, 4) is 22.4 Å². The van der Waals surface area contributed by atoms with E-state index in [-0.39, 0.29) is 5.41 Å². The van der Waals surface area contributed by atoms with E-state index >= 15 is 0 Å². The third-order valence-electron chi connectivity index (χ3n) is 6.26. The van der Waals surface area contributed by atoms with Crippen molar-refractivity contribution >= 4 is 10.8 Å². The van der Waals surface area contributed by atoms with Crippen molar-refractivity contribution in [2.75, 3.05) is 0 Å². The molecule has 0 bridgehead atoms. The molecule has 5 rings (SSSR count). The number of aryl methyl sites for hydroxylation is 3. The van der Waals surface area contributed by atoms with E-state index in [1.807, 2.05) is 0 Å². The standard InChI is InChI=1S/C26H25N2/c1-16-14-23-22(20-11-10-17(2)27-25(20)26(23,3)4)15-21(16)24-19-9-7-6-8-18(19)12-13-28(24)5/h6-15H,1-5H3/q+1. The van der Waals surface area contributed by atoms with Crippen LogP contribution < -0.4 is 4.57 Å². The van der Waals surface area contributed by atoms with Gasteiger partial charge >= 0.3 is 0 Å². The highest BCUT2D eigenvalue weighted by Crippen LogP contribution is 2.49. The molecular formula is C26H25N2+. The van der Waals surface area contributed by atoms with Crippen molar-refractivity contribution in [3.63, 3.8) is 0 Å². The van der Waals surface area contributed by atoms with Crippen LogP contribution in [0.25, 0.3) is 33.2 Å². The van der Waals surface area contributed by atoms with Crippen molar-refractivity contribution in [1.82, 2.24) is 4.98 Å². The van der Waals surface area contributed by atoms with Gasteiger partial charge in [0.1, 0.15) is 7.05 Å². The van der Waals surface area contributed by atoms with Gasteiger partial charge in [0, 0.05) is 22.7 Å². The van der Waals surface area contributed by atoms with Gasteiger partial charge in [-0.3, -0.25) is 4.98 Å². The van der Waals surface area contributed by atoms with Crippen LogP contribution in [0, 0.1) is 13.8 Å². The van der Waals surface area contributed by atoms with Crippen LogP contribution >= 0.6 is 0 Å². The Bertz CT molecular complexity index is 1270. The van der Waals surface area contributed by atoms with Gasteiger partial charge in [-0.2, -0.15) is 0 Å². The molecule has 4 aromatic rings. The topological polar surface area (TPSA) is 16.8 Å². The second kappa shape index (κ2) is 5.75. The normalized spacial score (nSPS) is 14.2. The quantitative estimate of drug-likeness (QED) is 0.398. The van der Waals surface area contributed by atoms with E-state index in [1.165, 1.54) is 50.0 Å². The van der Waals surface area contributed by atoms with Crippen LogP contribution in [-0.2, 0) is 12.5 Å². The van der Waals surface area contributed by atoms with Crippen LogP contribution in [-0.4, -0.2) is 4.98 Å². The molecule has 0 fully saturated rings. The molecule has 2 aromatic carbocycles. The molecule has 0 unspecified atom stereocenters. The fourth-order valence-corrected chi connectivity index (χ4v) is 4.73. The van der Waals surface area contributed by atoms with Gasteiger partial charge in [-0.15, -0.1) is 0 Å². The highest BCUT2D eigenvalue weighted by atomic mass is 14.9. The Morgan fingerprint density at radius 3 is 2.46 bits per heavy atom. The van der Waals surface area contributed by atoms with Crippen molar-refractivity contribution in [2.24, 2.45) is 7.05 Å². The van der Waals surface area contributed by atoms with Gasteiger partial charge in [-0.25, -0.2) is 4.57 Å². The second-order valence-corrected chi connectivity index (χ2v) is 8.55. The minimum absolute atomic E-state index is 0.0685. The molecule has 1 aliphatic rings. The zero-order valence-electron chi connectivity index (χ0n) is 17.2. The maximum atomic E-state index is 4.92. The Hall–Kier alpha value is -3.00. The Balaban J connectivity index is 1.84. The largest absolute Gasteiger partial charge is 0.257 e. The Morgan fingerprint density at radius 1 is 0.857 bits per heavy atom. The summed E-state index contributed by atoms with van der Waals surface area (Å²) in [5.41, 5.74) is 10.1. The van der Waals surface area contributed by atoms with Crippen LogP contribution in [0.15, 0.2) is 60.8 Å². The Morgan fingerprint density at radius 2 is 1.64 bits per heavy atom. The molecular weight excluding hydrogens is 340 g/mol. The van der Waals surface area contributed by atoms with Gasteiger partial charge in [0.15, 0.2) is 6.20 Å². The summed E-state index contributed by atoms with van der Waals surface area (Å²) in [5, 5.41) is 2.56. The average molecular weight is 366 g/mol. The predicted molar refractivity (Wildman–Crippen MR) is 115 cm³/mol. The van der Waals surface area contributed by atoms with E-state index in [0.29, 0.717) is 0 Å². The average Bonchev–Trinajstić information content (AvgIpc) is 2.88. The van der Waals surface area contributed by atoms with Crippen LogP contribution in [0.4, 0.5) is 0 Å². The molecule has 28 heavy (non-hydrogen) atoms. The van der Waals surface area contributed by atoms with Crippen LogP contribution in [0.1, 0.15) is 36.4 Å². The molecule has 0 amide bonds. The summed E-state index contributed by atoms with van der Waals surface area (Å²) in [4.78, 5) is 4.92. The first-order valence-corrected chi connectivity index (χ1v) is 9.89. The summed E-state index contributed by atoms with van der Waals surface area (Å²) >= 11 is 0. The van der Waals surface area contributed by atoms with E-state index in [0.717, 1.165) is 5.69 Å². The van der Waals surface area contributed by atoms with E-state index in [4.69, 9.17) is 4.98 Å². The smallest absolute Gasteiger partial charge is 0.220 e. The molecule has 0 saturated carbocycles. The number of hydrogen-bond acceptors (Lipinski definition) is 1. The lowest BCUT2D eigenvalue weighted by Crippen LogP contribution is -2.30. The molecule has 138 valence electrons. The van der Waals surface area contributed by atoms with E-state index in [2.05, 4.69) is 100 Å². The van der Waals surface area contributed by atoms with E-state index in [1.54, 1.807) is 0 Å². The minimum atomic E-state index is -0.0685. The zero-order valence-corrected chi connectivity index (χ0v) is 17.2. The third-order valence-corrected chi connectivity index (χ3v) is 6.26. The third kappa shape index (κ3) is 2.27. The van der Waals surface area contributed by atoms with Crippen LogP contribution in [0.5, 0.6) is 0 Å². The van der Waals surface area contributed by atoms with Gasteiger partial charge in [0.2, 0.25) is 5.69 Å². The number of aromatic nitrogens is 2. The summed E-state index contributed by atoms with van der Waals surface area (Å²) in [7, 11) is 2.14. The number of hydrogen-bond donors (Lipinski definition) is 0. The maximum Gasteiger partial charge on any atom is 0.220 e. The fourth-order valence-electron chi connectivity index (χ4n) is 4.73. The molecule has 0 saturated heterocycles. The van der Waals surface area contributed by atoms with Gasteiger partial charge < -0.3 is 0 Å². The van der Waals surface area contributed by atoms with Gasteiger partial charge in [-0.05, 0) is 54.1 Å². The van der Waals surface area contributed by atoms with E-state index in [9.17, 15) is 0 Å². The Kier molecular flexibility index (Phi) is 3.51. The van der Waals surface area contributed by atoms with Crippen molar-refractivity contribution in [3.05, 3.63) is 83.3 Å². The summed E-state index contributed by atoms with van der Waals surface area (Å²) in [6, 6.07) is 20.0. The molecule has 2 aromatic heterocycles. The Labute approximate surface area is 166 Å². The SMILES string of the molecule is Cc1ccc2c(n1)C(C)(C)c1cc(C)c(-c3c4ccccc4cc[n+]3C)cc1-2. The number of fused-ring (bicyclic) bond motifs is 4. The van der Waals surface area contributed by atoms with Gasteiger partial charge in [0.05, 0.1) is 16.6 Å². The summed E-state index contributed by atoms with van der Waals surface area (Å²) in [6.45, 7) is 8.89. The van der Waals surface area contributed by atoms with Crippen molar-refractivity contribution in [2.45, 2.75) is 33.1 Å². The van der Waals surface area contributed by atoms with Crippen molar-refractivity contribution < 1.29 is 4.57 Å². The molecule has 0 aliphatic heterocycles.